The zero-order chi connectivity index (χ0) is 50.2. The summed E-state index contributed by atoms with van der Waals surface area (Å²) in [4.78, 5) is 35.4. The van der Waals surface area contributed by atoms with Crippen LogP contribution in [0.3, 0.4) is 0 Å². The molecule has 2 amide bonds. The van der Waals surface area contributed by atoms with Crippen molar-refractivity contribution in [1.82, 2.24) is 0 Å². The number of nitrogens with one attached hydrogen (secondary N) is 3. The summed E-state index contributed by atoms with van der Waals surface area (Å²) in [6.45, 7) is 1.51. The Morgan fingerprint density at radius 2 is 1.29 bits per heavy atom. The Hall–Kier alpha value is -7.92. The van der Waals surface area contributed by atoms with Crippen LogP contribution in [0.5, 0.6) is 11.5 Å². The molecule has 0 spiro atoms. The minimum Gasteiger partial charge on any atom is -0.494 e. The molecule has 27 heteroatoms. The first-order valence-electron chi connectivity index (χ1n) is 19.1. The lowest BCUT2D eigenvalue weighted by Crippen LogP contribution is -2.27. The molecule has 356 valence electrons. The first-order valence-corrected chi connectivity index (χ1v) is 24.9. The number of allylic oxidation sites excluding steroid dienone is 1. The van der Waals surface area contributed by atoms with Crippen LogP contribution in [0.1, 0.15) is 31.8 Å². The molecule has 0 bridgehead atoms. The van der Waals surface area contributed by atoms with Crippen molar-refractivity contribution in [2.45, 2.75) is 21.6 Å². The summed E-state index contributed by atoms with van der Waals surface area (Å²) in [6, 6.07) is 20.7. The number of hydrogen-bond acceptors (Lipinski definition) is 17. The van der Waals surface area contributed by atoms with E-state index in [1.165, 1.54) is 99.0 Å². The number of urea groups is 1. The van der Waals surface area contributed by atoms with Crippen molar-refractivity contribution in [2.24, 2.45) is 15.3 Å². The average Bonchev–Trinajstić information content (AvgIpc) is 3.27. The number of rotatable bonds is 14. The van der Waals surface area contributed by atoms with Crippen molar-refractivity contribution in [2.75, 3.05) is 23.2 Å². The lowest BCUT2D eigenvalue weighted by Gasteiger charge is -2.18. The summed E-state index contributed by atoms with van der Waals surface area (Å²) >= 11 is 0. The minimum absolute atomic E-state index is 0.0159. The first kappa shape index (κ1) is 49.0. The Morgan fingerprint density at radius 1 is 0.652 bits per heavy atom. The van der Waals surface area contributed by atoms with Gasteiger partial charge in [-0.05, 0) is 96.2 Å². The summed E-state index contributed by atoms with van der Waals surface area (Å²) < 4.78 is 141. The summed E-state index contributed by atoms with van der Waals surface area (Å²) in [5.41, 5.74) is 1.05. The van der Waals surface area contributed by atoms with Gasteiger partial charge in [0.15, 0.2) is 11.5 Å². The molecule has 0 atom stereocenters. The zero-order valence-electron chi connectivity index (χ0n) is 35.0. The molecule has 0 unspecified atom stereocenters. The molecule has 23 nitrogen and oxygen atoms in total. The number of Topliss-reactive ketones (excluding diaryl/α,β-unsaturated/α-hetero) is 1. The molecule has 1 aliphatic rings. The normalized spacial score (nSPS) is 13.7. The van der Waals surface area contributed by atoms with Crippen molar-refractivity contribution >= 4 is 109 Å². The summed E-state index contributed by atoms with van der Waals surface area (Å²) in [7, 11) is -18.7. The fourth-order valence-electron chi connectivity index (χ4n) is 6.64. The number of hydrogen-bond donors (Lipinski definition) is 7. The van der Waals surface area contributed by atoms with Crippen LogP contribution < -0.4 is 25.0 Å². The van der Waals surface area contributed by atoms with Crippen LogP contribution in [0, 0.1) is 6.92 Å². The smallest absolute Gasteiger partial charge is 0.339 e. The van der Waals surface area contributed by atoms with Crippen molar-refractivity contribution < 1.29 is 75.7 Å². The third kappa shape index (κ3) is 10.8. The number of aromatic carboxylic acids is 1. The standard InChI is InChI=1S/C42H32N6O17S4/c1-22-14-33(44-42(52)43-25-12-13-29-23(15-25)18-37(68(59,60)61)39(40(29)49)48-45-31-11-7-6-10-30(31)41(50)51)35(64-2)21-32(22)46-47-34-19-27(66(53,54)55)16-24-17-28(67(56,57)58)20-36(38(24)34)65-69(62,63)26-8-4-3-5-9-26/h3-21,45H,1-2H3,(H,50,51)(H2,43,44,52)(H,53,54,55)(H,56,57,58)(H,59,60,61)/b47-46?,48-39-. The molecule has 6 aromatic carbocycles. The maximum atomic E-state index is 13.5. The van der Waals surface area contributed by atoms with Gasteiger partial charge < -0.3 is 24.7 Å². The molecule has 0 aliphatic heterocycles. The third-order valence-electron chi connectivity index (χ3n) is 9.81. The number of nitrogens with zero attached hydrogens (tertiary/aromatic N) is 3. The van der Waals surface area contributed by atoms with Crippen molar-refractivity contribution in [3.63, 3.8) is 0 Å². The van der Waals surface area contributed by atoms with Crippen molar-refractivity contribution in [1.29, 1.82) is 0 Å². The zero-order valence-corrected chi connectivity index (χ0v) is 38.3. The Labute approximate surface area is 391 Å². The summed E-state index contributed by atoms with van der Waals surface area (Å²) in [6.07, 6.45) is 0.928. The molecule has 0 saturated heterocycles. The molecule has 0 fully saturated rings. The van der Waals surface area contributed by atoms with Gasteiger partial charge in [0, 0.05) is 23.4 Å². The highest BCUT2D eigenvalue weighted by Crippen LogP contribution is 2.42. The molecule has 69 heavy (non-hydrogen) atoms. The summed E-state index contributed by atoms with van der Waals surface area (Å²) in [5.74, 6) is -3.06. The molecule has 6 aromatic rings. The highest BCUT2D eigenvalue weighted by Gasteiger charge is 2.33. The Balaban J connectivity index is 1.18. The van der Waals surface area contributed by atoms with Crippen LogP contribution in [0.4, 0.5) is 33.2 Å². The fraction of sp³-hybridized carbons (Fsp3) is 0.0476. The largest absolute Gasteiger partial charge is 0.494 e. The number of amides is 2. The van der Waals surface area contributed by atoms with Crippen LogP contribution >= 0.6 is 0 Å². The van der Waals surface area contributed by atoms with Gasteiger partial charge in [-0.3, -0.25) is 23.9 Å². The van der Waals surface area contributed by atoms with Crippen LogP contribution in [0.15, 0.2) is 144 Å². The van der Waals surface area contributed by atoms with Crippen LogP contribution in [0.2, 0.25) is 0 Å². The van der Waals surface area contributed by atoms with E-state index < -0.39 is 90.1 Å². The maximum Gasteiger partial charge on any atom is 0.339 e. The summed E-state index contributed by atoms with van der Waals surface area (Å²) in [5, 5.41) is 25.9. The molecular weight excluding hydrogens is 989 g/mol. The first-order chi connectivity index (χ1) is 32.3. The molecular formula is C42H32N6O17S4. The van der Waals surface area contributed by atoms with E-state index >= 15 is 0 Å². The quantitative estimate of drug-likeness (QED) is 0.0248. The van der Waals surface area contributed by atoms with E-state index in [9.17, 15) is 66.8 Å². The van der Waals surface area contributed by atoms with Crippen molar-refractivity contribution in [3.8, 4) is 11.5 Å². The van der Waals surface area contributed by atoms with Gasteiger partial charge in [-0.2, -0.15) is 43.9 Å². The molecule has 7 rings (SSSR count). The number of para-hydroxylation sites is 1. The number of carbonyl (C=O) groups is 3. The number of carboxylic acid groups (broad SMARTS) is 1. The van der Waals surface area contributed by atoms with Crippen molar-refractivity contribution in [3.05, 3.63) is 136 Å². The number of carboxylic acids is 1. The topological polar surface area (TPSA) is 360 Å². The van der Waals surface area contributed by atoms with Gasteiger partial charge in [0.2, 0.25) is 5.78 Å². The Kier molecular flexibility index (Phi) is 13.2. The molecule has 7 N–H and O–H groups in total. The number of ether oxygens (including phenoxy) is 1. The van der Waals surface area contributed by atoms with E-state index in [1.807, 2.05) is 0 Å². The second kappa shape index (κ2) is 18.6. The lowest BCUT2D eigenvalue weighted by molar-refractivity contribution is 0.0697. The van der Waals surface area contributed by atoms with E-state index in [2.05, 4.69) is 31.4 Å². The van der Waals surface area contributed by atoms with Gasteiger partial charge >= 0.3 is 22.1 Å². The number of hydrazone groups is 1. The lowest BCUT2D eigenvalue weighted by atomic mass is 9.94. The van der Waals surface area contributed by atoms with E-state index in [0.717, 1.165) is 24.3 Å². The molecule has 0 saturated carbocycles. The molecule has 1 aliphatic carbocycles. The second-order valence-corrected chi connectivity index (χ2v) is 20.2. The van der Waals surface area contributed by atoms with Gasteiger partial charge in [-0.25, -0.2) is 9.59 Å². The number of aryl methyl sites for hydroxylation is 1. The number of benzene rings is 6. The monoisotopic (exact) mass is 1020 g/mol. The highest BCUT2D eigenvalue weighted by atomic mass is 32.2. The van der Waals surface area contributed by atoms with E-state index in [-0.39, 0.29) is 66.4 Å². The number of anilines is 3. The molecule has 0 aromatic heterocycles. The highest BCUT2D eigenvalue weighted by molar-refractivity contribution is 7.91. The Bertz CT molecular complexity index is 3730. The predicted octanol–water partition coefficient (Wildman–Crippen LogP) is 7.07. The van der Waals surface area contributed by atoms with Crippen LogP contribution in [-0.2, 0) is 40.5 Å². The number of methoxy groups -OCH3 is 1. The van der Waals surface area contributed by atoms with Gasteiger partial charge in [0.05, 0.1) is 50.6 Å². The second-order valence-electron chi connectivity index (χ2n) is 14.4. The van der Waals surface area contributed by atoms with Gasteiger partial charge in [0.25, 0.3) is 30.4 Å². The van der Waals surface area contributed by atoms with Gasteiger partial charge in [0.1, 0.15) is 15.6 Å². The number of carbonyl (C=O) groups excluding carboxylic acids is 2. The molecule has 0 heterocycles. The number of fused-ring (bicyclic) bond motifs is 2. The SMILES string of the molecule is COc1cc(N=Nc2cc(S(=O)(=O)O)cc3cc(S(=O)(=O)O)cc(OS(=O)(=O)c4ccccc4)c23)c(C)cc1NC(=O)Nc1ccc2c(c1)C=C(S(=O)(=O)O)/C(=N/Nc1ccccc1C(=O)O)C2=O. The van der Waals surface area contributed by atoms with Crippen LogP contribution in [0.25, 0.3) is 16.8 Å². The maximum absolute atomic E-state index is 13.5. The number of azo groups is 1. The third-order valence-corrected chi connectivity index (χ3v) is 13.6. The molecule has 0 radical (unpaired) electrons. The van der Waals surface area contributed by atoms with Gasteiger partial charge in [-0.15, -0.1) is 5.11 Å². The predicted molar refractivity (Wildman–Crippen MR) is 247 cm³/mol. The minimum atomic E-state index is -5.10. The van der Waals surface area contributed by atoms with Crippen LogP contribution in [-0.4, -0.2) is 83.0 Å². The average molecular weight is 1020 g/mol. The Morgan fingerprint density at radius 3 is 1.93 bits per heavy atom. The fourth-order valence-corrected chi connectivity index (χ4v) is 9.32. The van der Waals surface area contributed by atoms with E-state index in [0.29, 0.717) is 6.07 Å². The number of ketones is 1. The van der Waals surface area contributed by atoms with E-state index in [4.69, 9.17) is 8.92 Å². The van der Waals surface area contributed by atoms with Gasteiger partial charge in [-0.1, -0.05) is 30.3 Å². The van der Waals surface area contributed by atoms with E-state index in [1.54, 1.807) is 0 Å².